The summed E-state index contributed by atoms with van der Waals surface area (Å²) in [5.41, 5.74) is 1.22. The third kappa shape index (κ3) is 3.58. The minimum absolute atomic E-state index is 0.000205. The van der Waals surface area contributed by atoms with Gasteiger partial charge in [0.1, 0.15) is 13.2 Å². The van der Waals surface area contributed by atoms with Crippen LogP contribution in [0.1, 0.15) is 24.3 Å². The molecule has 29 heavy (non-hydrogen) atoms. The van der Waals surface area contributed by atoms with E-state index in [4.69, 9.17) is 9.47 Å². The fourth-order valence-corrected chi connectivity index (χ4v) is 3.20. The molecule has 2 aromatic heterocycles. The van der Waals surface area contributed by atoms with E-state index in [1.165, 1.54) is 10.7 Å². The van der Waals surface area contributed by atoms with Crippen LogP contribution in [0.2, 0.25) is 0 Å². The van der Waals surface area contributed by atoms with E-state index in [-0.39, 0.29) is 5.69 Å². The van der Waals surface area contributed by atoms with Gasteiger partial charge in [-0.15, -0.1) is 10.2 Å². The van der Waals surface area contributed by atoms with Gasteiger partial charge in [0, 0.05) is 18.7 Å². The molecule has 0 fully saturated rings. The zero-order valence-electron chi connectivity index (χ0n) is 16.2. The van der Waals surface area contributed by atoms with Crippen LogP contribution in [0.15, 0.2) is 36.4 Å². The molecule has 3 heterocycles. The van der Waals surface area contributed by atoms with Crippen molar-refractivity contribution in [2.75, 3.05) is 31.2 Å². The monoisotopic (exact) mass is 395 g/mol. The lowest BCUT2D eigenvalue weighted by Crippen LogP contribution is -2.23. The Morgan fingerprint density at radius 1 is 1.07 bits per heavy atom. The summed E-state index contributed by atoms with van der Waals surface area (Å²) in [6.07, 6.45) is 0. The summed E-state index contributed by atoms with van der Waals surface area (Å²) in [6.45, 7) is 6.66. The first kappa shape index (κ1) is 18.7. The highest BCUT2D eigenvalue weighted by Crippen LogP contribution is 2.34. The maximum Gasteiger partial charge on any atom is 0.354 e. The molecule has 0 saturated heterocycles. The Balaban J connectivity index is 1.71. The highest BCUT2D eigenvalue weighted by atomic mass is 16.6. The number of carboxylic acids is 1. The molecular formula is C20H21N5O4. The lowest BCUT2D eigenvalue weighted by Gasteiger charge is -2.18. The highest BCUT2D eigenvalue weighted by molar-refractivity contribution is 5.88. The van der Waals surface area contributed by atoms with E-state index in [2.05, 4.69) is 20.2 Å². The van der Waals surface area contributed by atoms with Crippen molar-refractivity contribution in [1.29, 1.82) is 0 Å². The first-order valence-corrected chi connectivity index (χ1v) is 9.43. The second-order valence-electron chi connectivity index (χ2n) is 6.41. The molecule has 1 aromatic carbocycles. The number of aromatic carboxylic acids is 1. The average Bonchev–Trinajstić information content (AvgIpc) is 3.21. The molecule has 3 aromatic rings. The molecule has 1 aliphatic rings. The third-order valence-electron chi connectivity index (χ3n) is 4.71. The standard InChI is InChI=1S/C20H21N5O4/c1-3-24(4-2)18-7-8-19(22-21-18)25-15(20(26)27)12-14(23-25)13-5-6-16-17(11-13)29-10-9-28-16/h5-8,11-12H,3-4,9-10H2,1-2H3,(H,26,27). The number of nitrogens with zero attached hydrogens (tertiary/aromatic N) is 5. The van der Waals surface area contributed by atoms with Crippen LogP contribution in [0, 0.1) is 0 Å². The Hall–Kier alpha value is -3.62. The number of carbonyl (C=O) groups is 1. The largest absolute Gasteiger partial charge is 0.486 e. The van der Waals surface area contributed by atoms with Crippen LogP contribution in [0.4, 0.5) is 5.82 Å². The van der Waals surface area contributed by atoms with Gasteiger partial charge in [0.05, 0.1) is 5.69 Å². The van der Waals surface area contributed by atoms with Gasteiger partial charge in [-0.05, 0) is 50.2 Å². The van der Waals surface area contributed by atoms with Gasteiger partial charge in [-0.3, -0.25) is 0 Å². The van der Waals surface area contributed by atoms with Crippen LogP contribution in [-0.2, 0) is 0 Å². The van der Waals surface area contributed by atoms with Gasteiger partial charge >= 0.3 is 5.97 Å². The molecular weight excluding hydrogens is 374 g/mol. The summed E-state index contributed by atoms with van der Waals surface area (Å²) < 4.78 is 12.4. The van der Waals surface area contributed by atoms with Crippen molar-refractivity contribution in [3.05, 3.63) is 42.1 Å². The number of ether oxygens (including phenoxy) is 2. The van der Waals surface area contributed by atoms with Gasteiger partial charge in [0.2, 0.25) is 0 Å². The summed E-state index contributed by atoms with van der Waals surface area (Å²) in [5, 5.41) is 22.5. The average molecular weight is 395 g/mol. The van der Waals surface area contributed by atoms with Crippen LogP contribution in [0.5, 0.6) is 11.5 Å². The van der Waals surface area contributed by atoms with E-state index in [0.717, 1.165) is 24.5 Å². The number of aromatic nitrogens is 4. The number of rotatable bonds is 6. The van der Waals surface area contributed by atoms with Crippen molar-refractivity contribution in [3.8, 4) is 28.6 Å². The predicted molar refractivity (Wildman–Crippen MR) is 106 cm³/mol. The Bertz CT molecular complexity index is 1030. The Morgan fingerprint density at radius 3 is 2.48 bits per heavy atom. The van der Waals surface area contributed by atoms with Gasteiger partial charge in [-0.2, -0.15) is 5.10 Å². The van der Waals surface area contributed by atoms with Gasteiger partial charge < -0.3 is 19.5 Å². The highest BCUT2D eigenvalue weighted by Gasteiger charge is 2.20. The van der Waals surface area contributed by atoms with Crippen LogP contribution in [0.25, 0.3) is 17.1 Å². The van der Waals surface area contributed by atoms with E-state index in [0.29, 0.717) is 36.2 Å². The fourth-order valence-electron chi connectivity index (χ4n) is 3.20. The maximum atomic E-state index is 11.8. The molecule has 0 unspecified atom stereocenters. The summed E-state index contributed by atoms with van der Waals surface area (Å²) in [7, 11) is 0. The van der Waals surface area contributed by atoms with E-state index in [9.17, 15) is 9.90 Å². The number of anilines is 1. The normalized spacial score (nSPS) is 12.6. The Kier molecular flexibility index (Phi) is 5.03. The smallest absolute Gasteiger partial charge is 0.354 e. The lowest BCUT2D eigenvalue weighted by molar-refractivity contribution is 0.0686. The van der Waals surface area contributed by atoms with Gasteiger partial charge in [0.25, 0.3) is 0 Å². The second kappa shape index (κ2) is 7.78. The van der Waals surface area contributed by atoms with Crippen molar-refractivity contribution >= 4 is 11.8 Å². The van der Waals surface area contributed by atoms with Crippen molar-refractivity contribution in [3.63, 3.8) is 0 Å². The SMILES string of the molecule is CCN(CC)c1ccc(-n2nc(-c3ccc4c(c3)OCCO4)cc2C(=O)O)nn1. The summed E-state index contributed by atoms with van der Waals surface area (Å²) in [4.78, 5) is 13.8. The second-order valence-corrected chi connectivity index (χ2v) is 6.41. The fraction of sp³-hybridized carbons (Fsp3) is 0.300. The molecule has 150 valence electrons. The third-order valence-corrected chi connectivity index (χ3v) is 4.71. The van der Waals surface area contributed by atoms with Crippen LogP contribution in [-0.4, -0.2) is 57.4 Å². The Labute approximate surface area is 167 Å². The van der Waals surface area contributed by atoms with E-state index < -0.39 is 5.97 Å². The molecule has 1 N–H and O–H groups in total. The zero-order chi connectivity index (χ0) is 20.4. The van der Waals surface area contributed by atoms with Crippen molar-refractivity contribution in [2.45, 2.75) is 13.8 Å². The minimum atomic E-state index is -1.10. The van der Waals surface area contributed by atoms with Crippen LogP contribution >= 0.6 is 0 Å². The van der Waals surface area contributed by atoms with E-state index >= 15 is 0 Å². The number of fused-ring (bicyclic) bond motifs is 1. The molecule has 0 atom stereocenters. The zero-order valence-corrected chi connectivity index (χ0v) is 16.2. The van der Waals surface area contributed by atoms with Crippen molar-refractivity contribution in [2.24, 2.45) is 0 Å². The predicted octanol–water partition coefficient (Wildman–Crippen LogP) is 2.64. The van der Waals surface area contributed by atoms with Crippen molar-refractivity contribution in [1.82, 2.24) is 20.0 Å². The van der Waals surface area contributed by atoms with Gasteiger partial charge in [0.15, 0.2) is 28.8 Å². The number of hydrogen-bond acceptors (Lipinski definition) is 7. The maximum absolute atomic E-state index is 11.8. The Morgan fingerprint density at radius 2 is 1.83 bits per heavy atom. The molecule has 0 spiro atoms. The van der Waals surface area contributed by atoms with Gasteiger partial charge in [-0.25, -0.2) is 9.48 Å². The molecule has 0 amide bonds. The first-order valence-electron chi connectivity index (χ1n) is 9.43. The lowest BCUT2D eigenvalue weighted by atomic mass is 10.1. The summed E-state index contributed by atoms with van der Waals surface area (Å²) in [5.74, 6) is 1.24. The summed E-state index contributed by atoms with van der Waals surface area (Å²) in [6, 6.07) is 10.4. The van der Waals surface area contributed by atoms with E-state index in [1.807, 2.05) is 26.0 Å². The number of benzene rings is 1. The number of hydrogen-bond donors (Lipinski definition) is 1. The molecule has 4 rings (SSSR count). The first-order chi connectivity index (χ1) is 14.1. The summed E-state index contributed by atoms with van der Waals surface area (Å²) >= 11 is 0. The topological polar surface area (TPSA) is 103 Å². The van der Waals surface area contributed by atoms with E-state index in [1.54, 1.807) is 18.2 Å². The van der Waals surface area contributed by atoms with Gasteiger partial charge in [-0.1, -0.05) is 0 Å². The molecule has 1 aliphatic heterocycles. The molecule has 9 nitrogen and oxygen atoms in total. The minimum Gasteiger partial charge on any atom is -0.486 e. The molecule has 9 heteroatoms. The molecule has 0 radical (unpaired) electrons. The van der Waals surface area contributed by atoms with Crippen LogP contribution < -0.4 is 14.4 Å². The number of carboxylic acid groups (broad SMARTS) is 1. The van der Waals surface area contributed by atoms with Crippen LogP contribution in [0.3, 0.4) is 0 Å². The molecule has 0 aliphatic carbocycles. The van der Waals surface area contributed by atoms with Crippen molar-refractivity contribution < 1.29 is 19.4 Å². The molecule has 0 saturated carbocycles. The molecule has 0 bridgehead atoms. The quantitative estimate of drug-likeness (QED) is 0.680.